The molecule has 1 aromatic rings. The Morgan fingerprint density at radius 3 is 2.82 bits per heavy atom. The maximum atomic E-state index is 9.92. The normalized spacial score (nSPS) is 24.2. The smallest absolute Gasteiger partial charge is 0.185 e. The number of hydrogen-bond donors (Lipinski definition) is 1. The van der Waals surface area contributed by atoms with E-state index in [2.05, 4.69) is 16.9 Å². The van der Waals surface area contributed by atoms with Crippen LogP contribution in [0.3, 0.4) is 0 Å². The van der Waals surface area contributed by atoms with Gasteiger partial charge in [-0.1, -0.05) is 6.42 Å². The number of nitrogens with zero attached hydrogens (tertiary/aromatic N) is 2. The van der Waals surface area contributed by atoms with E-state index in [-0.39, 0.29) is 6.10 Å². The fraction of sp³-hybridized carbons (Fsp3) is 0.769. The average molecular weight is 252 g/mol. The molecule has 0 radical (unpaired) electrons. The molecular formula is C13H20N2OS. The number of fused-ring (bicyclic) bond motifs is 1. The standard InChI is InChI=1S/C13H20N2OS/c1-15(8-9-4-2-5-9)13-14-12-10(16)6-3-7-11(12)17-13/h9-10,16H,2-8H2,1H3. The molecule has 1 fully saturated rings. The van der Waals surface area contributed by atoms with Gasteiger partial charge in [0.25, 0.3) is 0 Å². The van der Waals surface area contributed by atoms with Crippen LogP contribution in [0.15, 0.2) is 0 Å². The Kier molecular flexibility index (Phi) is 3.09. The molecule has 0 amide bonds. The van der Waals surface area contributed by atoms with Gasteiger partial charge < -0.3 is 10.0 Å². The van der Waals surface area contributed by atoms with Crippen molar-refractivity contribution in [1.29, 1.82) is 0 Å². The maximum absolute atomic E-state index is 9.92. The largest absolute Gasteiger partial charge is 0.387 e. The molecule has 1 N–H and O–H groups in total. The van der Waals surface area contributed by atoms with Gasteiger partial charge in [0.15, 0.2) is 5.13 Å². The molecule has 17 heavy (non-hydrogen) atoms. The average Bonchev–Trinajstić information content (AvgIpc) is 2.68. The van der Waals surface area contributed by atoms with Crippen molar-refractivity contribution in [3.8, 4) is 0 Å². The fourth-order valence-electron chi connectivity index (χ4n) is 2.69. The van der Waals surface area contributed by atoms with Crippen LogP contribution in [0.25, 0.3) is 0 Å². The molecule has 3 rings (SSSR count). The van der Waals surface area contributed by atoms with Crippen molar-refractivity contribution in [3.05, 3.63) is 10.6 Å². The number of aliphatic hydroxyl groups excluding tert-OH is 1. The first-order valence-corrected chi connectivity index (χ1v) is 7.44. The molecule has 0 aliphatic heterocycles. The van der Waals surface area contributed by atoms with E-state index in [1.54, 1.807) is 11.3 Å². The highest BCUT2D eigenvalue weighted by molar-refractivity contribution is 7.15. The topological polar surface area (TPSA) is 36.4 Å². The van der Waals surface area contributed by atoms with Gasteiger partial charge in [0.2, 0.25) is 0 Å². The van der Waals surface area contributed by atoms with Crippen LogP contribution in [0.4, 0.5) is 5.13 Å². The summed E-state index contributed by atoms with van der Waals surface area (Å²) < 4.78 is 0. The van der Waals surface area contributed by atoms with Crippen LogP contribution >= 0.6 is 11.3 Å². The number of thiazole rings is 1. The summed E-state index contributed by atoms with van der Waals surface area (Å²) in [5.41, 5.74) is 0.955. The predicted octanol–water partition coefficient (Wildman–Crippen LogP) is 2.75. The van der Waals surface area contributed by atoms with Gasteiger partial charge in [-0.2, -0.15) is 0 Å². The summed E-state index contributed by atoms with van der Waals surface area (Å²) in [6.45, 7) is 1.13. The molecule has 1 heterocycles. The van der Waals surface area contributed by atoms with Crippen LogP contribution in [0.1, 0.15) is 48.8 Å². The Morgan fingerprint density at radius 1 is 1.35 bits per heavy atom. The van der Waals surface area contributed by atoms with E-state index < -0.39 is 0 Å². The molecular weight excluding hydrogens is 232 g/mol. The number of aliphatic hydroxyl groups is 1. The minimum absolute atomic E-state index is 0.319. The lowest BCUT2D eigenvalue weighted by atomic mass is 9.85. The molecule has 2 aliphatic rings. The SMILES string of the molecule is CN(CC1CCC1)c1nc2c(s1)CCCC2O. The molecule has 1 saturated carbocycles. The molecule has 0 saturated heterocycles. The van der Waals surface area contributed by atoms with E-state index in [0.29, 0.717) is 0 Å². The second-order valence-electron chi connectivity index (χ2n) is 5.39. The third-order valence-corrected chi connectivity index (χ3v) is 5.24. The summed E-state index contributed by atoms with van der Waals surface area (Å²) in [4.78, 5) is 8.22. The van der Waals surface area contributed by atoms with E-state index in [9.17, 15) is 5.11 Å². The number of aromatic nitrogens is 1. The second-order valence-corrected chi connectivity index (χ2v) is 6.45. The first-order chi connectivity index (χ1) is 8.24. The van der Waals surface area contributed by atoms with Gasteiger partial charge in [0.05, 0.1) is 11.8 Å². The zero-order valence-corrected chi connectivity index (χ0v) is 11.2. The highest BCUT2D eigenvalue weighted by Gasteiger charge is 2.25. The van der Waals surface area contributed by atoms with Crippen molar-refractivity contribution in [2.75, 3.05) is 18.5 Å². The third-order valence-electron chi connectivity index (χ3n) is 4.00. The Morgan fingerprint density at radius 2 is 2.18 bits per heavy atom. The van der Waals surface area contributed by atoms with Crippen molar-refractivity contribution < 1.29 is 5.11 Å². The molecule has 3 nitrogen and oxygen atoms in total. The third kappa shape index (κ3) is 2.20. The van der Waals surface area contributed by atoms with E-state index in [0.717, 1.165) is 42.6 Å². The fourth-order valence-corrected chi connectivity index (χ4v) is 3.81. The van der Waals surface area contributed by atoms with Gasteiger partial charge in [-0.15, -0.1) is 11.3 Å². The number of rotatable bonds is 3. The summed E-state index contributed by atoms with van der Waals surface area (Å²) >= 11 is 1.78. The minimum atomic E-state index is -0.319. The Labute approximate surface area is 106 Å². The number of anilines is 1. The zero-order valence-electron chi connectivity index (χ0n) is 10.4. The van der Waals surface area contributed by atoms with Crippen molar-refractivity contribution in [2.45, 2.75) is 44.6 Å². The molecule has 4 heteroatoms. The summed E-state index contributed by atoms with van der Waals surface area (Å²) in [6, 6.07) is 0. The highest BCUT2D eigenvalue weighted by atomic mass is 32.1. The van der Waals surface area contributed by atoms with Crippen LogP contribution in [0, 0.1) is 5.92 Å². The minimum Gasteiger partial charge on any atom is -0.387 e. The summed E-state index contributed by atoms with van der Waals surface area (Å²) in [7, 11) is 2.13. The summed E-state index contributed by atoms with van der Waals surface area (Å²) in [6.07, 6.45) is 6.90. The van der Waals surface area contributed by atoms with Crippen molar-refractivity contribution in [2.24, 2.45) is 5.92 Å². The highest BCUT2D eigenvalue weighted by Crippen LogP contribution is 2.37. The van der Waals surface area contributed by atoms with Crippen LogP contribution in [-0.2, 0) is 6.42 Å². The van der Waals surface area contributed by atoms with Gasteiger partial charge >= 0.3 is 0 Å². The van der Waals surface area contributed by atoms with Crippen LogP contribution in [0.5, 0.6) is 0 Å². The predicted molar refractivity (Wildman–Crippen MR) is 70.6 cm³/mol. The van der Waals surface area contributed by atoms with Gasteiger partial charge in [-0.05, 0) is 38.0 Å². The molecule has 0 spiro atoms. The number of aryl methyl sites for hydroxylation is 1. The molecule has 1 aromatic heterocycles. The molecule has 0 aromatic carbocycles. The molecule has 1 unspecified atom stereocenters. The van der Waals surface area contributed by atoms with Gasteiger partial charge in [0, 0.05) is 18.5 Å². The Bertz CT molecular complexity index is 400. The second kappa shape index (κ2) is 4.58. The molecule has 94 valence electrons. The van der Waals surface area contributed by atoms with Crippen molar-refractivity contribution in [3.63, 3.8) is 0 Å². The molecule has 2 aliphatic carbocycles. The van der Waals surface area contributed by atoms with Crippen LogP contribution in [0.2, 0.25) is 0 Å². The lowest BCUT2D eigenvalue weighted by molar-refractivity contribution is 0.153. The van der Waals surface area contributed by atoms with E-state index in [1.807, 2.05) is 0 Å². The van der Waals surface area contributed by atoms with Crippen LogP contribution in [-0.4, -0.2) is 23.7 Å². The quantitative estimate of drug-likeness (QED) is 0.898. The zero-order chi connectivity index (χ0) is 11.8. The monoisotopic (exact) mass is 252 g/mol. The van der Waals surface area contributed by atoms with Gasteiger partial charge in [-0.3, -0.25) is 0 Å². The number of hydrogen-bond acceptors (Lipinski definition) is 4. The first kappa shape index (κ1) is 11.5. The van der Waals surface area contributed by atoms with Crippen molar-refractivity contribution in [1.82, 2.24) is 4.98 Å². The summed E-state index contributed by atoms with van der Waals surface area (Å²) in [5, 5.41) is 11.0. The summed E-state index contributed by atoms with van der Waals surface area (Å²) in [5.74, 6) is 0.867. The van der Waals surface area contributed by atoms with Gasteiger partial charge in [0.1, 0.15) is 0 Å². The maximum Gasteiger partial charge on any atom is 0.185 e. The first-order valence-electron chi connectivity index (χ1n) is 6.63. The molecule has 0 bridgehead atoms. The van der Waals surface area contributed by atoms with Gasteiger partial charge in [-0.25, -0.2) is 4.98 Å². The van der Waals surface area contributed by atoms with E-state index in [4.69, 9.17) is 0 Å². The van der Waals surface area contributed by atoms with Crippen LogP contribution < -0.4 is 4.90 Å². The Hall–Kier alpha value is -0.610. The van der Waals surface area contributed by atoms with E-state index in [1.165, 1.54) is 24.1 Å². The molecule has 1 atom stereocenters. The van der Waals surface area contributed by atoms with E-state index >= 15 is 0 Å². The Balaban J connectivity index is 1.74. The van der Waals surface area contributed by atoms with Crippen molar-refractivity contribution >= 4 is 16.5 Å². The lowest BCUT2D eigenvalue weighted by Gasteiger charge is -2.29. The lowest BCUT2D eigenvalue weighted by Crippen LogP contribution is -2.29.